The summed E-state index contributed by atoms with van der Waals surface area (Å²) in [5, 5.41) is 0. The molecule has 0 heterocycles. The minimum absolute atomic E-state index is 0.121. The molecule has 0 N–H and O–H groups in total. The van der Waals surface area contributed by atoms with Crippen molar-refractivity contribution in [1.29, 1.82) is 0 Å². The smallest absolute Gasteiger partial charge is 0.207 e. The van der Waals surface area contributed by atoms with Crippen molar-refractivity contribution in [2.75, 3.05) is 0 Å². The van der Waals surface area contributed by atoms with Gasteiger partial charge in [-0.25, -0.2) is 17.2 Å². The Morgan fingerprint density at radius 2 is 1.39 bits per heavy atom. The zero-order chi connectivity index (χ0) is 13.3. The molecule has 0 aliphatic carbocycles. The first-order valence-electron chi connectivity index (χ1n) is 4.89. The van der Waals surface area contributed by atoms with Crippen LogP contribution in [0.2, 0.25) is 0 Å². The predicted molar refractivity (Wildman–Crippen MR) is 64.8 cm³/mol. The largest absolute Gasteiger partial charge is 0.261 e. The predicted octanol–water partition coefficient (Wildman–Crippen LogP) is 3.56. The lowest BCUT2D eigenvalue weighted by atomic mass is 10.0. The summed E-state index contributed by atoms with van der Waals surface area (Å²) >= 11 is 0. The first-order valence-corrected chi connectivity index (χ1v) is 7.19. The molecule has 0 bridgehead atoms. The zero-order valence-electron chi connectivity index (χ0n) is 8.90. The van der Waals surface area contributed by atoms with Crippen LogP contribution in [0, 0.1) is 11.6 Å². The molecule has 94 valence electrons. The second-order valence-electron chi connectivity index (χ2n) is 3.56. The average molecular weight is 289 g/mol. The van der Waals surface area contributed by atoms with Crippen LogP contribution in [0.4, 0.5) is 8.78 Å². The molecule has 0 aromatic heterocycles. The molecule has 0 unspecified atom stereocenters. The highest BCUT2D eigenvalue weighted by molar-refractivity contribution is 8.13. The highest BCUT2D eigenvalue weighted by Gasteiger charge is 2.13. The second-order valence-corrected chi connectivity index (χ2v) is 6.12. The first-order chi connectivity index (χ1) is 8.39. The van der Waals surface area contributed by atoms with E-state index in [4.69, 9.17) is 10.7 Å². The quantitative estimate of drug-likeness (QED) is 0.792. The number of benzene rings is 2. The van der Waals surface area contributed by atoms with Gasteiger partial charge in [-0.1, -0.05) is 18.2 Å². The van der Waals surface area contributed by atoms with Crippen LogP contribution in [0.1, 0.15) is 0 Å². The fourth-order valence-corrected chi connectivity index (χ4v) is 2.33. The lowest BCUT2D eigenvalue weighted by Gasteiger charge is -2.05. The van der Waals surface area contributed by atoms with E-state index in [2.05, 4.69) is 0 Å². The van der Waals surface area contributed by atoms with Gasteiger partial charge in [-0.15, -0.1) is 0 Å². The standard InChI is InChI=1S/C12H7ClF2O2S/c13-18(16,17)9-6-4-8(5-7-9)12-10(14)2-1-3-11(12)15/h1-7H. The molecule has 0 radical (unpaired) electrons. The fourth-order valence-electron chi connectivity index (χ4n) is 1.56. The minimum Gasteiger partial charge on any atom is -0.207 e. The molecule has 0 aliphatic rings. The molecular formula is C12H7ClF2O2S. The van der Waals surface area contributed by atoms with Crippen molar-refractivity contribution >= 4 is 19.7 Å². The van der Waals surface area contributed by atoms with E-state index in [1.165, 1.54) is 30.3 Å². The highest BCUT2D eigenvalue weighted by Crippen LogP contribution is 2.27. The Balaban J connectivity index is 2.54. The maximum absolute atomic E-state index is 13.5. The van der Waals surface area contributed by atoms with Gasteiger partial charge in [0.05, 0.1) is 10.5 Å². The number of halogens is 3. The Morgan fingerprint density at radius 1 is 0.889 bits per heavy atom. The van der Waals surface area contributed by atoms with Gasteiger partial charge in [0.15, 0.2) is 0 Å². The molecule has 0 amide bonds. The Kier molecular flexibility index (Phi) is 3.36. The van der Waals surface area contributed by atoms with Crippen molar-refractivity contribution in [3.63, 3.8) is 0 Å². The van der Waals surface area contributed by atoms with Gasteiger partial charge in [0, 0.05) is 10.7 Å². The van der Waals surface area contributed by atoms with Gasteiger partial charge in [-0.3, -0.25) is 0 Å². The van der Waals surface area contributed by atoms with Gasteiger partial charge < -0.3 is 0 Å². The number of rotatable bonds is 2. The second kappa shape index (κ2) is 4.66. The molecule has 2 aromatic rings. The Morgan fingerprint density at radius 3 is 1.83 bits per heavy atom. The molecule has 6 heteroatoms. The van der Waals surface area contributed by atoms with E-state index in [9.17, 15) is 17.2 Å². The van der Waals surface area contributed by atoms with Crippen LogP contribution in [-0.4, -0.2) is 8.42 Å². The summed E-state index contributed by atoms with van der Waals surface area (Å²) in [6, 6.07) is 8.52. The molecule has 0 aliphatic heterocycles. The fraction of sp³-hybridized carbons (Fsp3) is 0. The van der Waals surface area contributed by atoms with Gasteiger partial charge in [0.25, 0.3) is 9.05 Å². The SMILES string of the molecule is O=S(=O)(Cl)c1ccc(-c2c(F)cccc2F)cc1. The topological polar surface area (TPSA) is 34.1 Å². The molecule has 2 aromatic carbocycles. The van der Waals surface area contributed by atoms with Crippen LogP contribution < -0.4 is 0 Å². The Bertz CT molecular complexity index is 661. The lowest BCUT2D eigenvalue weighted by Crippen LogP contribution is -1.92. The van der Waals surface area contributed by atoms with Crippen molar-refractivity contribution in [3.05, 3.63) is 54.1 Å². The summed E-state index contributed by atoms with van der Waals surface area (Å²) in [5.74, 6) is -1.42. The summed E-state index contributed by atoms with van der Waals surface area (Å²) in [7, 11) is 1.31. The van der Waals surface area contributed by atoms with Gasteiger partial charge in [0.1, 0.15) is 11.6 Å². The molecular weight excluding hydrogens is 282 g/mol. The van der Waals surface area contributed by atoms with Gasteiger partial charge >= 0.3 is 0 Å². The van der Waals surface area contributed by atoms with E-state index in [0.717, 1.165) is 12.1 Å². The van der Waals surface area contributed by atoms with Crippen LogP contribution in [0.3, 0.4) is 0 Å². The summed E-state index contributed by atoms with van der Waals surface area (Å²) in [4.78, 5) is -0.121. The van der Waals surface area contributed by atoms with E-state index < -0.39 is 20.7 Å². The molecule has 0 spiro atoms. The maximum Gasteiger partial charge on any atom is 0.261 e. The highest BCUT2D eigenvalue weighted by atomic mass is 35.7. The molecule has 0 fully saturated rings. The lowest BCUT2D eigenvalue weighted by molar-refractivity contribution is 0.589. The minimum atomic E-state index is -3.84. The average Bonchev–Trinajstić information content (AvgIpc) is 2.28. The molecule has 18 heavy (non-hydrogen) atoms. The van der Waals surface area contributed by atoms with Crippen molar-refractivity contribution in [2.45, 2.75) is 4.90 Å². The third kappa shape index (κ3) is 2.52. The van der Waals surface area contributed by atoms with Crippen LogP contribution in [0.5, 0.6) is 0 Å². The van der Waals surface area contributed by atoms with Crippen LogP contribution in [-0.2, 0) is 9.05 Å². The van der Waals surface area contributed by atoms with E-state index in [-0.39, 0.29) is 16.0 Å². The van der Waals surface area contributed by atoms with E-state index in [0.29, 0.717) is 0 Å². The summed E-state index contributed by atoms with van der Waals surface area (Å²) < 4.78 is 49.0. The van der Waals surface area contributed by atoms with Gasteiger partial charge in [-0.2, -0.15) is 0 Å². The third-order valence-electron chi connectivity index (χ3n) is 2.39. The van der Waals surface area contributed by atoms with Crippen LogP contribution >= 0.6 is 10.7 Å². The Hall–Kier alpha value is -1.46. The molecule has 2 rings (SSSR count). The maximum atomic E-state index is 13.5. The number of hydrogen-bond acceptors (Lipinski definition) is 2. The monoisotopic (exact) mass is 288 g/mol. The van der Waals surface area contributed by atoms with E-state index >= 15 is 0 Å². The summed E-state index contributed by atoms with van der Waals surface area (Å²) in [6.45, 7) is 0. The van der Waals surface area contributed by atoms with Crippen molar-refractivity contribution in [2.24, 2.45) is 0 Å². The van der Waals surface area contributed by atoms with Gasteiger partial charge in [-0.05, 0) is 29.8 Å². The van der Waals surface area contributed by atoms with Gasteiger partial charge in [0.2, 0.25) is 0 Å². The zero-order valence-corrected chi connectivity index (χ0v) is 10.5. The van der Waals surface area contributed by atoms with Crippen LogP contribution in [0.15, 0.2) is 47.4 Å². The first kappa shape index (κ1) is 13.0. The molecule has 0 saturated carbocycles. The molecule has 0 atom stereocenters. The van der Waals surface area contributed by atoms with Crippen LogP contribution in [0.25, 0.3) is 11.1 Å². The summed E-state index contributed by atoms with van der Waals surface area (Å²) in [6.07, 6.45) is 0. The third-order valence-corrected chi connectivity index (χ3v) is 3.76. The normalized spacial score (nSPS) is 11.5. The summed E-state index contributed by atoms with van der Waals surface area (Å²) in [5.41, 5.74) is 0.0469. The van der Waals surface area contributed by atoms with E-state index in [1.807, 2.05) is 0 Å². The van der Waals surface area contributed by atoms with Crippen molar-refractivity contribution in [1.82, 2.24) is 0 Å². The van der Waals surface area contributed by atoms with E-state index in [1.54, 1.807) is 0 Å². The van der Waals surface area contributed by atoms with Crippen molar-refractivity contribution < 1.29 is 17.2 Å². The molecule has 0 saturated heterocycles. The Labute approximate surface area is 107 Å². The number of hydrogen-bond donors (Lipinski definition) is 0. The van der Waals surface area contributed by atoms with Crippen molar-refractivity contribution in [3.8, 4) is 11.1 Å². The molecule has 2 nitrogen and oxygen atoms in total.